The number of carbonyl (C=O) groups is 2. The van der Waals surface area contributed by atoms with Crippen molar-refractivity contribution < 1.29 is 9.59 Å². The highest BCUT2D eigenvalue weighted by molar-refractivity contribution is 5.94. The van der Waals surface area contributed by atoms with Gasteiger partial charge in [0, 0.05) is 31.5 Å². The third-order valence-electron chi connectivity index (χ3n) is 5.06. The Bertz CT molecular complexity index is 1190. The van der Waals surface area contributed by atoms with Gasteiger partial charge in [-0.3, -0.25) is 14.6 Å². The molecule has 4 aromatic rings. The Labute approximate surface area is 180 Å². The zero-order valence-electron chi connectivity index (χ0n) is 17.2. The van der Waals surface area contributed by atoms with Gasteiger partial charge in [0.15, 0.2) is 0 Å². The molecule has 2 heterocycles. The van der Waals surface area contributed by atoms with Crippen LogP contribution in [-0.2, 0) is 24.4 Å². The molecular formula is C24H23N5O2. The summed E-state index contributed by atoms with van der Waals surface area (Å²) in [7, 11) is 1.79. The smallest absolute Gasteiger partial charge is 0.251 e. The second kappa shape index (κ2) is 9.21. The van der Waals surface area contributed by atoms with Crippen molar-refractivity contribution in [1.29, 1.82) is 0 Å². The Morgan fingerprint density at radius 1 is 0.968 bits per heavy atom. The molecule has 0 radical (unpaired) electrons. The number of hydrogen-bond donors (Lipinski definition) is 1. The lowest BCUT2D eigenvalue weighted by Crippen LogP contribution is -2.31. The summed E-state index contributed by atoms with van der Waals surface area (Å²) in [5.41, 5.74) is 3.24. The van der Waals surface area contributed by atoms with Gasteiger partial charge in [-0.2, -0.15) is 0 Å². The monoisotopic (exact) mass is 413 g/mol. The lowest BCUT2D eigenvalue weighted by atomic mass is 10.2. The number of imidazole rings is 1. The van der Waals surface area contributed by atoms with Crippen molar-refractivity contribution in [1.82, 2.24) is 24.8 Å². The second-order valence-electron chi connectivity index (χ2n) is 7.26. The average molecular weight is 413 g/mol. The van der Waals surface area contributed by atoms with E-state index in [0.717, 1.165) is 16.6 Å². The highest BCUT2D eigenvalue weighted by Gasteiger charge is 2.17. The summed E-state index contributed by atoms with van der Waals surface area (Å²) in [6.45, 7) is 0.885. The van der Waals surface area contributed by atoms with Crippen LogP contribution in [0.5, 0.6) is 0 Å². The SMILES string of the molecule is CN(Cc1ccccc1)C(=O)Cn1c(CNC(=O)c2ccncc2)nc2ccccc21. The van der Waals surface area contributed by atoms with E-state index in [1.54, 1.807) is 36.5 Å². The highest BCUT2D eigenvalue weighted by atomic mass is 16.2. The fourth-order valence-corrected chi connectivity index (χ4v) is 3.40. The van der Waals surface area contributed by atoms with Gasteiger partial charge in [0.1, 0.15) is 12.4 Å². The summed E-state index contributed by atoms with van der Waals surface area (Å²) < 4.78 is 1.87. The molecule has 0 aliphatic carbocycles. The summed E-state index contributed by atoms with van der Waals surface area (Å²) in [6.07, 6.45) is 3.15. The van der Waals surface area contributed by atoms with Crippen LogP contribution < -0.4 is 5.32 Å². The van der Waals surface area contributed by atoms with Crippen LogP contribution in [0, 0.1) is 0 Å². The molecule has 2 aromatic heterocycles. The van der Waals surface area contributed by atoms with Gasteiger partial charge in [-0.1, -0.05) is 42.5 Å². The van der Waals surface area contributed by atoms with E-state index < -0.39 is 0 Å². The van der Waals surface area contributed by atoms with E-state index in [-0.39, 0.29) is 24.9 Å². The molecule has 0 unspecified atom stereocenters. The third kappa shape index (κ3) is 4.78. The van der Waals surface area contributed by atoms with E-state index >= 15 is 0 Å². The van der Waals surface area contributed by atoms with Gasteiger partial charge >= 0.3 is 0 Å². The first-order chi connectivity index (χ1) is 15.1. The number of benzene rings is 2. The molecule has 7 heteroatoms. The number of rotatable bonds is 7. The molecule has 0 spiro atoms. The summed E-state index contributed by atoms with van der Waals surface area (Å²) in [6, 6.07) is 20.8. The molecule has 1 N–H and O–H groups in total. The van der Waals surface area contributed by atoms with Crippen LogP contribution >= 0.6 is 0 Å². The van der Waals surface area contributed by atoms with Crippen molar-refractivity contribution >= 4 is 22.8 Å². The minimum Gasteiger partial charge on any atom is -0.345 e. The largest absolute Gasteiger partial charge is 0.345 e. The maximum Gasteiger partial charge on any atom is 0.251 e. The number of likely N-dealkylation sites (N-methyl/N-ethyl adjacent to an activating group) is 1. The van der Waals surface area contributed by atoms with Gasteiger partial charge in [-0.15, -0.1) is 0 Å². The first-order valence-corrected chi connectivity index (χ1v) is 10.0. The van der Waals surface area contributed by atoms with Crippen LogP contribution in [0.25, 0.3) is 11.0 Å². The Hall–Kier alpha value is -4.00. The molecule has 0 saturated heterocycles. The van der Waals surface area contributed by atoms with Crippen LogP contribution in [0.1, 0.15) is 21.7 Å². The van der Waals surface area contributed by atoms with E-state index in [0.29, 0.717) is 17.9 Å². The van der Waals surface area contributed by atoms with Gasteiger partial charge < -0.3 is 14.8 Å². The predicted octanol–water partition coefficient (Wildman–Crippen LogP) is 3.02. The van der Waals surface area contributed by atoms with Gasteiger partial charge in [0.25, 0.3) is 5.91 Å². The predicted molar refractivity (Wildman–Crippen MR) is 118 cm³/mol. The number of para-hydroxylation sites is 2. The molecular weight excluding hydrogens is 390 g/mol. The lowest BCUT2D eigenvalue weighted by molar-refractivity contribution is -0.131. The van der Waals surface area contributed by atoms with Gasteiger partial charge in [0.05, 0.1) is 17.6 Å². The minimum atomic E-state index is -0.214. The maximum atomic E-state index is 13.0. The fraction of sp³-hybridized carbons (Fsp3) is 0.167. The Morgan fingerprint density at radius 3 is 2.45 bits per heavy atom. The number of hydrogen-bond acceptors (Lipinski definition) is 4. The van der Waals surface area contributed by atoms with Crippen LogP contribution in [0.4, 0.5) is 0 Å². The third-order valence-corrected chi connectivity index (χ3v) is 5.06. The number of aromatic nitrogens is 3. The zero-order chi connectivity index (χ0) is 21.6. The van der Waals surface area contributed by atoms with Crippen molar-refractivity contribution in [2.45, 2.75) is 19.6 Å². The second-order valence-corrected chi connectivity index (χ2v) is 7.26. The summed E-state index contributed by atoms with van der Waals surface area (Å²) in [5.74, 6) is 0.382. The van der Waals surface area contributed by atoms with Crippen LogP contribution in [0.2, 0.25) is 0 Å². The molecule has 0 fully saturated rings. The fourth-order valence-electron chi connectivity index (χ4n) is 3.40. The molecule has 31 heavy (non-hydrogen) atoms. The molecule has 2 amide bonds. The first-order valence-electron chi connectivity index (χ1n) is 10.0. The number of nitrogens with zero attached hydrogens (tertiary/aromatic N) is 4. The molecule has 2 aromatic carbocycles. The Morgan fingerprint density at radius 2 is 1.68 bits per heavy atom. The van der Waals surface area contributed by atoms with Gasteiger partial charge in [-0.25, -0.2) is 4.98 Å². The van der Waals surface area contributed by atoms with Gasteiger partial charge in [-0.05, 0) is 29.8 Å². The average Bonchev–Trinajstić information content (AvgIpc) is 3.16. The van der Waals surface area contributed by atoms with Crippen LogP contribution in [-0.4, -0.2) is 38.3 Å². The van der Waals surface area contributed by atoms with E-state index in [4.69, 9.17) is 0 Å². The zero-order valence-corrected chi connectivity index (χ0v) is 17.2. The number of pyridine rings is 1. The molecule has 4 rings (SSSR count). The van der Waals surface area contributed by atoms with E-state index in [1.165, 1.54) is 0 Å². The van der Waals surface area contributed by atoms with E-state index in [9.17, 15) is 9.59 Å². The number of fused-ring (bicyclic) bond motifs is 1. The van der Waals surface area contributed by atoms with Gasteiger partial charge in [0.2, 0.25) is 5.91 Å². The molecule has 0 atom stereocenters. The highest BCUT2D eigenvalue weighted by Crippen LogP contribution is 2.17. The lowest BCUT2D eigenvalue weighted by Gasteiger charge is -2.19. The van der Waals surface area contributed by atoms with Crippen LogP contribution in [0.15, 0.2) is 79.1 Å². The summed E-state index contributed by atoms with van der Waals surface area (Å²) >= 11 is 0. The van der Waals surface area contributed by atoms with Crippen molar-refractivity contribution in [3.05, 3.63) is 96.1 Å². The number of carbonyl (C=O) groups excluding carboxylic acids is 2. The Balaban J connectivity index is 1.52. The molecule has 0 saturated carbocycles. The summed E-state index contributed by atoms with van der Waals surface area (Å²) in [5, 5.41) is 2.88. The normalized spacial score (nSPS) is 10.7. The van der Waals surface area contributed by atoms with Crippen molar-refractivity contribution in [3.8, 4) is 0 Å². The summed E-state index contributed by atoms with van der Waals surface area (Å²) in [4.78, 5) is 35.6. The molecule has 7 nitrogen and oxygen atoms in total. The molecule has 0 aliphatic heterocycles. The standard InChI is InChI=1S/C24H23N5O2/c1-28(16-18-7-3-2-4-8-18)23(30)17-29-21-10-6-5-9-20(21)27-22(29)15-26-24(31)19-11-13-25-14-12-19/h2-14H,15-17H2,1H3,(H,26,31). The van der Waals surface area contributed by atoms with Crippen molar-refractivity contribution in [2.24, 2.45) is 0 Å². The first kappa shape index (κ1) is 20.3. The van der Waals surface area contributed by atoms with Crippen LogP contribution in [0.3, 0.4) is 0 Å². The number of amides is 2. The molecule has 0 bridgehead atoms. The number of nitrogens with one attached hydrogen (secondary N) is 1. The Kier molecular flexibility index (Phi) is 6.03. The quantitative estimate of drug-likeness (QED) is 0.505. The van der Waals surface area contributed by atoms with E-state index in [1.807, 2.05) is 59.2 Å². The van der Waals surface area contributed by atoms with Crippen molar-refractivity contribution in [3.63, 3.8) is 0 Å². The maximum absolute atomic E-state index is 13.0. The van der Waals surface area contributed by atoms with E-state index in [2.05, 4.69) is 15.3 Å². The topological polar surface area (TPSA) is 80.1 Å². The molecule has 0 aliphatic rings. The van der Waals surface area contributed by atoms with Crippen molar-refractivity contribution in [2.75, 3.05) is 7.05 Å². The molecule has 156 valence electrons. The minimum absolute atomic E-state index is 0.0336.